The van der Waals surface area contributed by atoms with Gasteiger partial charge < -0.3 is 15.0 Å². The van der Waals surface area contributed by atoms with Crippen LogP contribution in [0, 0.1) is 5.41 Å². The molecule has 1 aromatic carbocycles. The summed E-state index contributed by atoms with van der Waals surface area (Å²) in [6, 6.07) is 8.49. The van der Waals surface area contributed by atoms with Gasteiger partial charge in [-0.15, -0.1) is 0 Å². The molecule has 0 aliphatic carbocycles. The largest absolute Gasteiger partial charge is 0.492 e. The van der Waals surface area contributed by atoms with E-state index in [0.717, 1.165) is 31.9 Å². The van der Waals surface area contributed by atoms with E-state index < -0.39 is 0 Å². The van der Waals surface area contributed by atoms with Gasteiger partial charge in [0.05, 0.1) is 0 Å². The Kier molecular flexibility index (Phi) is 5.01. The Bertz CT molecular complexity index is 485. The van der Waals surface area contributed by atoms with Gasteiger partial charge in [0.15, 0.2) is 0 Å². The monoisotopic (exact) mass is 303 g/mol. The lowest BCUT2D eigenvalue weighted by molar-refractivity contribution is 0.00217. The fourth-order valence-corrected chi connectivity index (χ4v) is 3.83. The molecule has 2 heterocycles. The van der Waals surface area contributed by atoms with E-state index in [4.69, 9.17) is 4.74 Å². The summed E-state index contributed by atoms with van der Waals surface area (Å²) in [6.45, 7) is 7.90. The van der Waals surface area contributed by atoms with Crippen molar-refractivity contribution in [2.24, 2.45) is 5.41 Å². The van der Waals surface area contributed by atoms with Crippen LogP contribution < -0.4 is 10.1 Å². The summed E-state index contributed by atoms with van der Waals surface area (Å²) < 4.78 is 5.93. The molecule has 2 saturated heterocycles. The highest BCUT2D eigenvalue weighted by molar-refractivity contribution is 5.28. The van der Waals surface area contributed by atoms with Crippen molar-refractivity contribution in [3.63, 3.8) is 0 Å². The highest BCUT2D eigenvalue weighted by Gasteiger charge is 2.46. The fourth-order valence-electron chi connectivity index (χ4n) is 3.83. The lowest BCUT2D eigenvalue weighted by Gasteiger charge is -2.48. The first-order valence-corrected chi connectivity index (χ1v) is 8.46. The van der Waals surface area contributed by atoms with Crippen molar-refractivity contribution in [3.05, 3.63) is 29.8 Å². The SMILES string of the molecule is CNCCc1cccc(OCCN2CC3(CCN(C)C3)C2)c1. The molecule has 0 atom stereocenters. The smallest absolute Gasteiger partial charge is 0.119 e. The second-order valence-corrected chi connectivity index (χ2v) is 7.05. The molecule has 2 aliphatic heterocycles. The third kappa shape index (κ3) is 3.80. The highest BCUT2D eigenvalue weighted by atomic mass is 16.5. The van der Waals surface area contributed by atoms with Crippen LogP contribution in [0.25, 0.3) is 0 Å². The molecule has 0 saturated carbocycles. The maximum Gasteiger partial charge on any atom is 0.119 e. The zero-order chi connectivity index (χ0) is 15.4. The molecule has 0 unspecified atom stereocenters. The Balaban J connectivity index is 1.37. The molecule has 0 aromatic heterocycles. The van der Waals surface area contributed by atoms with E-state index in [2.05, 4.69) is 46.4 Å². The maximum absolute atomic E-state index is 5.93. The first-order chi connectivity index (χ1) is 10.7. The van der Waals surface area contributed by atoms with E-state index in [1.54, 1.807) is 0 Å². The molecule has 0 radical (unpaired) electrons. The number of rotatable bonds is 7. The summed E-state index contributed by atoms with van der Waals surface area (Å²) in [4.78, 5) is 4.99. The van der Waals surface area contributed by atoms with Crippen molar-refractivity contribution >= 4 is 0 Å². The van der Waals surface area contributed by atoms with Gasteiger partial charge in [-0.1, -0.05) is 12.1 Å². The lowest BCUT2D eigenvalue weighted by Crippen LogP contribution is -2.58. The molecule has 3 rings (SSSR count). The van der Waals surface area contributed by atoms with E-state index in [1.807, 2.05) is 7.05 Å². The predicted molar refractivity (Wildman–Crippen MR) is 90.6 cm³/mol. The van der Waals surface area contributed by atoms with Crippen molar-refractivity contribution in [2.75, 3.05) is 60.0 Å². The first kappa shape index (κ1) is 15.8. The number of likely N-dealkylation sites (tertiary alicyclic amines) is 2. The quantitative estimate of drug-likeness (QED) is 0.825. The van der Waals surface area contributed by atoms with Crippen LogP contribution in [0.2, 0.25) is 0 Å². The van der Waals surface area contributed by atoms with Gasteiger partial charge in [-0.2, -0.15) is 0 Å². The first-order valence-electron chi connectivity index (χ1n) is 8.46. The summed E-state index contributed by atoms with van der Waals surface area (Å²) in [6.07, 6.45) is 2.42. The third-order valence-electron chi connectivity index (χ3n) is 4.99. The van der Waals surface area contributed by atoms with Crippen LogP contribution in [0.4, 0.5) is 0 Å². The Labute approximate surface area is 134 Å². The fraction of sp³-hybridized carbons (Fsp3) is 0.667. The molecule has 1 N–H and O–H groups in total. The number of ether oxygens (including phenoxy) is 1. The van der Waals surface area contributed by atoms with E-state index in [1.165, 1.54) is 38.2 Å². The zero-order valence-electron chi connectivity index (χ0n) is 14.0. The molecule has 2 aliphatic rings. The van der Waals surface area contributed by atoms with E-state index in [-0.39, 0.29) is 0 Å². The van der Waals surface area contributed by atoms with Crippen LogP contribution in [0.1, 0.15) is 12.0 Å². The van der Waals surface area contributed by atoms with Gasteiger partial charge in [0.25, 0.3) is 0 Å². The molecule has 22 heavy (non-hydrogen) atoms. The Hall–Kier alpha value is -1.10. The van der Waals surface area contributed by atoms with Crippen molar-refractivity contribution < 1.29 is 4.74 Å². The average Bonchev–Trinajstić information content (AvgIpc) is 2.87. The third-order valence-corrected chi connectivity index (χ3v) is 4.99. The van der Waals surface area contributed by atoms with Gasteiger partial charge in [-0.3, -0.25) is 4.90 Å². The van der Waals surface area contributed by atoms with Crippen LogP contribution in [0.5, 0.6) is 5.75 Å². The lowest BCUT2D eigenvalue weighted by atomic mass is 9.79. The van der Waals surface area contributed by atoms with Gasteiger partial charge in [0, 0.05) is 31.6 Å². The molecule has 1 aromatic rings. The number of nitrogens with zero attached hydrogens (tertiary/aromatic N) is 2. The minimum Gasteiger partial charge on any atom is -0.492 e. The van der Waals surface area contributed by atoms with Crippen LogP contribution in [0.15, 0.2) is 24.3 Å². The Morgan fingerprint density at radius 1 is 1.27 bits per heavy atom. The topological polar surface area (TPSA) is 27.7 Å². The number of hydrogen-bond donors (Lipinski definition) is 1. The van der Waals surface area contributed by atoms with Crippen LogP contribution >= 0.6 is 0 Å². The molecule has 0 bridgehead atoms. The molecule has 2 fully saturated rings. The maximum atomic E-state index is 5.93. The predicted octanol–water partition coefficient (Wildman–Crippen LogP) is 1.46. The van der Waals surface area contributed by atoms with Gasteiger partial charge in [0.2, 0.25) is 0 Å². The van der Waals surface area contributed by atoms with E-state index in [9.17, 15) is 0 Å². The summed E-state index contributed by atoms with van der Waals surface area (Å²) in [5, 5.41) is 3.18. The molecule has 1 spiro atoms. The molecule has 0 amide bonds. The van der Waals surface area contributed by atoms with E-state index in [0.29, 0.717) is 5.41 Å². The van der Waals surface area contributed by atoms with Crippen molar-refractivity contribution in [1.29, 1.82) is 0 Å². The minimum atomic E-state index is 0.599. The highest BCUT2D eigenvalue weighted by Crippen LogP contribution is 2.38. The Morgan fingerprint density at radius 3 is 2.86 bits per heavy atom. The second kappa shape index (κ2) is 6.99. The summed E-state index contributed by atoms with van der Waals surface area (Å²) in [5.74, 6) is 1.00. The molecule has 122 valence electrons. The molecule has 4 nitrogen and oxygen atoms in total. The average molecular weight is 303 g/mol. The molecular weight excluding hydrogens is 274 g/mol. The van der Waals surface area contributed by atoms with Crippen molar-refractivity contribution in [3.8, 4) is 5.75 Å². The van der Waals surface area contributed by atoms with Crippen molar-refractivity contribution in [1.82, 2.24) is 15.1 Å². The number of hydrogen-bond acceptors (Lipinski definition) is 4. The van der Waals surface area contributed by atoms with Crippen molar-refractivity contribution in [2.45, 2.75) is 12.8 Å². The molecule has 4 heteroatoms. The van der Waals surface area contributed by atoms with Crippen LogP contribution in [-0.4, -0.2) is 69.8 Å². The number of likely N-dealkylation sites (N-methyl/N-ethyl adjacent to an activating group) is 1. The van der Waals surface area contributed by atoms with Gasteiger partial charge >= 0.3 is 0 Å². The Morgan fingerprint density at radius 2 is 2.14 bits per heavy atom. The molecular formula is C18H29N3O. The number of benzene rings is 1. The van der Waals surface area contributed by atoms with E-state index >= 15 is 0 Å². The van der Waals surface area contributed by atoms with Gasteiger partial charge in [0.1, 0.15) is 12.4 Å². The zero-order valence-corrected chi connectivity index (χ0v) is 14.0. The van der Waals surface area contributed by atoms with Gasteiger partial charge in [-0.05, 0) is 57.7 Å². The number of nitrogens with one attached hydrogen (secondary N) is 1. The van der Waals surface area contributed by atoms with Crippen LogP contribution in [-0.2, 0) is 6.42 Å². The van der Waals surface area contributed by atoms with Gasteiger partial charge in [-0.25, -0.2) is 0 Å². The van der Waals surface area contributed by atoms with Crippen LogP contribution in [0.3, 0.4) is 0 Å². The summed E-state index contributed by atoms with van der Waals surface area (Å²) >= 11 is 0. The normalized spacial score (nSPS) is 21.2. The second-order valence-electron chi connectivity index (χ2n) is 7.05. The minimum absolute atomic E-state index is 0.599. The summed E-state index contributed by atoms with van der Waals surface area (Å²) in [5.41, 5.74) is 1.94. The standard InChI is InChI=1S/C18H29N3O/c1-19-8-6-16-4-3-5-17(12-16)22-11-10-21-14-18(15-21)7-9-20(2)13-18/h3-5,12,19H,6-11,13-15H2,1-2H3. The summed E-state index contributed by atoms with van der Waals surface area (Å²) in [7, 11) is 4.23.